The smallest absolute Gasteiger partial charge is 0.204 e. The first-order valence-corrected chi connectivity index (χ1v) is 5.76. The molecule has 15 heavy (non-hydrogen) atoms. The summed E-state index contributed by atoms with van der Waals surface area (Å²) in [6.45, 7) is 4.08. The van der Waals surface area contributed by atoms with Crippen molar-refractivity contribution in [1.82, 2.24) is 4.98 Å². The molecule has 1 aromatic heterocycles. The third-order valence-electron chi connectivity index (χ3n) is 2.15. The minimum absolute atomic E-state index is 0.851. The summed E-state index contributed by atoms with van der Waals surface area (Å²) in [5, 5.41) is 5.07. The Morgan fingerprint density at radius 1 is 1.47 bits per heavy atom. The quantitative estimate of drug-likeness (QED) is 0.633. The number of hydrazone groups is 1. The largest absolute Gasteiger partial charge is 0.253 e. The molecule has 2 aromatic rings. The molecule has 0 saturated carbocycles. The van der Waals surface area contributed by atoms with Crippen LogP contribution in [0.1, 0.15) is 20.3 Å². The lowest BCUT2D eigenvalue weighted by molar-refractivity contribution is 1.20. The predicted octanol–water partition coefficient (Wildman–Crippen LogP) is 3.49. The van der Waals surface area contributed by atoms with Crippen molar-refractivity contribution in [3.8, 4) is 0 Å². The minimum atomic E-state index is 0.851. The molecule has 0 unspecified atom stereocenters. The molecule has 4 heteroatoms. The highest BCUT2D eigenvalue weighted by Crippen LogP contribution is 2.25. The van der Waals surface area contributed by atoms with Crippen LogP contribution in [0.2, 0.25) is 0 Å². The van der Waals surface area contributed by atoms with Crippen molar-refractivity contribution >= 4 is 32.4 Å². The van der Waals surface area contributed by atoms with Crippen LogP contribution in [0.4, 0.5) is 5.13 Å². The molecule has 1 N–H and O–H groups in total. The first kappa shape index (κ1) is 10.1. The number of fused-ring (bicyclic) bond motifs is 1. The Balaban J connectivity index is 2.22. The van der Waals surface area contributed by atoms with E-state index in [1.54, 1.807) is 11.3 Å². The Morgan fingerprint density at radius 2 is 2.27 bits per heavy atom. The summed E-state index contributed by atoms with van der Waals surface area (Å²) in [6, 6.07) is 8.08. The second kappa shape index (κ2) is 4.40. The van der Waals surface area contributed by atoms with Gasteiger partial charge in [-0.1, -0.05) is 30.4 Å². The van der Waals surface area contributed by atoms with E-state index < -0.39 is 0 Å². The number of hydrogen-bond donors (Lipinski definition) is 1. The second-order valence-electron chi connectivity index (χ2n) is 3.30. The normalized spacial score (nSPS) is 12.0. The summed E-state index contributed by atoms with van der Waals surface area (Å²) >= 11 is 1.62. The number of hydrogen-bond acceptors (Lipinski definition) is 4. The van der Waals surface area contributed by atoms with Crippen molar-refractivity contribution < 1.29 is 0 Å². The first-order valence-electron chi connectivity index (χ1n) is 4.94. The molecule has 0 atom stereocenters. The van der Waals surface area contributed by atoms with Crippen LogP contribution in [0.25, 0.3) is 10.2 Å². The van der Waals surface area contributed by atoms with Crippen LogP contribution >= 0.6 is 11.3 Å². The fraction of sp³-hybridized carbons (Fsp3) is 0.273. The van der Waals surface area contributed by atoms with Gasteiger partial charge in [-0.25, -0.2) is 4.98 Å². The van der Waals surface area contributed by atoms with Gasteiger partial charge in [0.05, 0.1) is 10.2 Å². The fourth-order valence-electron chi connectivity index (χ4n) is 1.14. The molecule has 1 heterocycles. The number of rotatable bonds is 3. The molecular formula is C11H13N3S. The Kier molecular flexibility index (Phi) is 2.97. The average Bonchev–Trinajstić information content (AvgIpc) is 2.68. The van der Waals surface area contributed by atoms with Gasteiger partial charge < -0.3 is 0 Å². The van der Waals surface area contributed by atoms with Crippen LogP contribution in [0.15, 0.2) is 29.4 Å². The molecule has 0 bridgehead atoms. The van der Waals surface area contributed by atoms with E-state index in [0.717, 1.165) is 22.8 Å². The van der Waals surface area contributed by atoms with Crippen LogP contribution in [-0.4, -0.2) is 10.7 Å². The first-order chi connectivity index (χ1) is 7.29. The number of aromatic nitrogens is 1. The highest BCUT2D eigenvalue weighted by molar-refractivity contribution is 7.22. The van der Waals surface area contributed by atoms with Gasteiger partial charge in [0.25, 0.3) is 0 Å². The van der Waals surface area contributed by atoms with Gasteiger partial charge in [-0.2, -0.15) is 5.10 Å². The van der Waals surface area contributed by atoms with Gasteiger partial charge in [-0.3, -0.25) is 5.43 Å². The number of para-hydroxylation sites is 1. The molecular weight excluding hydrogens is 206 g/mol. The van der Waals surface area contributed by atoms with Crippen molar-refractivity contribution in [3.05, 3.63) is 24.3 Å². The van der Waals surface area contributed by atoms with Crippen LogP contribution in [0.3, 0.4) is 0 Å². The van der Waals surface area contributed by atoms with Crippen molar-refractivity contribution in [1.29, 1.82) is 0 Å². The molecule has 0 fully saturated rings. The third kappa shape index (κ3) is 2.33. The molecule has 0 radical (unpaired) electrons. The Bertz CT molecular complexity index is 454. The van der Waals surface area contributed by atoms with E-state index in [1.807, 2.05) is 25.1 Å². The summed E-state index contributed by atoms with van der Waals surface area (Å²) in [7, 11) is 0. The Hall–Kier alpha value is -1.42. The maximum Gasteiger partial charge on any atom is 0.204 e. The lowest BCUT2D eigenvalue weighted by Gasteiger charge is -1.95. The number of benzene rings is 1. The molecule has 3 nitrogen and oxygen atoms in total. The summed E-state index contributed by atoms with van der Waals surface area (Å²) in [5.41, 5.74) is 5.08. The third-order valence-corrected chi connectivity index (χ3v) is 3.09. The number of anilines is 1. The van der Waals surface area contributed by atoms with E-state index in [1.165, 1.54) is 4.70 Å². The van der Waals surface area contributed by atoms with Crippen LogP contribution in [0.5, 0.6) is 0 Å². The zero-order valence-electron chi connectivity index (χ0n) is 8.82. The van der Waals surface area contributed by atoms with Crippen molar-refractivity contribution in [3.63, 3.8) is 0 Å². The van der Waals surface area contributed by atoms with Gasteiger partial charge in [0.1, 0.15) is 0 Å². The van der Waals surface area contributed by atoms with Gasteiger partial charge in [0.2, 0.25) is 5.13 Å². The van der Waals surface area contributed by atoms with E-state index in [9.17, 15) is 0 Å². The maximum atomic E-state index is 4.42. The van der Waals surface area contributed by atoms with Gasteiger partial charge in [0, 0.05) is 5.71 Å². The van der Waals surface area contributed by atoms with Crippen LogP contribution in [-0.2, 0) is 0 Å². The second-order valence-corrected chi connectivity index (χ2v) is 4.33. The van der Waals surface area contributed by atoms with Gasteiger partial charge >= 0.3 is 0 Å². The summed E-state index contributed by atoms with van der Waals surface area (Å²) in [6.07, 6.45) is 0.956. The maximum absolute atomic E-state index is 4.42. The summed E-state index contributed by atoms with van der Waals surface area (Å²) in [4.78, 5) is 4.42. The average molecular weight is 219 g/mol. The SMILES string of the molecule is CC/C(C)=N/Nc1nc2ccccc2s1. The molecule has 0 aliphatic rings. The lowest BCUT2D eigenvalue weighted by atomic mass is 10.3. The molecule has 0 saturated heterocycles. The molecule has 0 aliphatic carbocycles. The highest BCUT2D eigenvalue weighted by atomic mass is 32.1. The standard InChI is InChI=1S/C11H13N3S/c1-3-8(2)13-14-11-12-9-6-4-5-7-10(9)15-11/h4-7H,3H2,1-2H3,(H,12,14)/b13-8+. The number of nitrogens with one attached hydrogen (secondary N) is 1. The fourth-order valence-corrected chi connectivity index (χ4v) is 1.95. The summed E-state index contributed by atoms with van der Waals surface area (Å²) < 4.78 is 1.18. The van der Waals surface area contributed by atoms with E-state index in [4.69, 9.17) is 0 Å². The Labute approximate surface area is 92.8 Å². The predicted molar refractivity (Wildman–Crippen MR) is 66.6 cm³/mol. The van der Waals surface area contributed by atoms with Gasteiger partial charge in [-0.05, 0) is 25.5 Å². The van der Waals surface area contributed by atoms with Gasteiger partial charge in [0.15, 0.2) is 0 Å². The molecule has 0 spiro atoms. The molecule has 78 valence electrons. The van der Waals surface area contributed by atoms with Crippen molar-refractivity contribution in [2.75, 3.05) is 5.43 Å². The molecule has 0 aliphatic heterocycles. The van der Waals surface area contributed by atoms with Crippen molar-refractivity contribution in [2.24, 2.45) is 5.10 Å². The van der Waals surface area contributed by atoms with Crippen LogP contribution in [0, 0.1) is 0 Å². The Morgan fingerprint density at radius 3 is 3.00 bits per heavy atom. The van der Waals surface area contributed by atoms with Crippen LogP contribution < -0.4 is 5.43 Å². The van der Waals surface area contributed by atoms with Gasteiger partial charge in [-0.15, -0.1) is 0 Å². The van der Waals surface area contributed by atoms with Crippen molar-refractivity contribution in [2.45, 2.75) is 20.3 Å². The zero-order valence-corrected chi connectivity index (χ0v) is 9.64. The number of thiazole rings is 1. The minimum Gasteiger partial charge on any atom is -0.253 e. The summed E-state index contributed by atoms with van der Waals surface area (Å²) in [5.74, 6) is 0. The molecule has 0 amide bonds. The number of nitrogens with zero attached hydrogens (tertiary/aromatic N) is 2. The van der Waals surface area contributed by atoms with E-state index in [-0.39, 0.29) is 0 Å². The topological polar surface area (TPSA) is 37.3 Å². The lowest BCUT2D eigenvalue weighted by Crippen LogP contribution is -1.94. The van der Waals surface area contributed by atoms with E-state index >= 15 is 0 Å². The zero-order chi connectivity index (χ0) is 10.7. The van der Waals surface area contributed by atoms with E-state index in [0.29, 0.717) is 0 Å². The highest BCUT2D eigenvalue weighted by Gasteiger charge is 2.00. The monoisotopic (exact) mass is 219 g/mol. The van der Waals surface area contributed by atoms with E-state index in [2.05, 4.69) is 28.5 Å². The molecule has 2 rings (SSSR count). The molecule has 1 aromatic carbocycles.